The highest BCUT2D eigenvalue weighted by Gasteiger charge is 2.33. The Labute approximate surface area is 131 Å². The number of aliphatic hydroxyl groups is 1. The van der Waals surface area contributed by atoms with Crippen molar-refractivity contribution in [3.05, 3.63) is 35.6 Å². The number of benzene rings is 1. The van der Waals surface area contributed by atoms with Gasteiger partial charge in [-0.15, -0.1) is 12.4 Å². The van der Waals surface area contributed by atoms with Crippen molar-refractivity contribution in [2.45, 2.75) is 32.8 Å². The second kappa shape index (κ2) is 8.97. The molecule has 4 nitrogen and oxygen atoms in total. The van der Waals surface area contributed by atoms with Gasteiger partial charge >= 0.3 is 0 Å². The van der Waals surface area contributed by atoms with Gasteiger partial charge in [0.05, 0.1) is 11.5 Å². The van der Waals surface area contributed by atoms with Crippen LogP contribution in [0.25, 0.3) is 0 Å². The molecule has 21 heavy (non-hydrogen) atoms. The zero-order chi connectivity index (χ0) is 15.2. The number of carbonyl (C=O) groups is 1. The summed E-state index contributed by atoms with van der Waals surface area (Å²) in [5, 5.41) is 12.7. The molecule has 1 aromatic rings. The number of carbonyl (C=O) groups excluding carboxylic acids is 1. The van der Waals surface area contributed by atoms with Crippen LogP contribution in [-0.2, 0) is 4.79 Å². The van der Waals surface area contributed by atoms with E-state index >= 15 is 0 Å². The van der Waals surface area contributed by atoms with Crippen LogP contribution in [0.5, 0.6) is 0 Å². The molecule has 0 radical (unpaired) electrons. The Morgan fingerprint density at radius 1 is 1.43 bits per heavy atom. The number of nitrogens with two attached hydrogens (primary N) is 1. The van der Waals surface area contributed by atoms with Crippen LogP contribution in [0.3, 0.4) is 0 Å². The molecule has 0 aliphatic carbocycles. The van der Waals surface area contributed by atoms with Crippen LogP contribution in [0, 0.1) is 11.2 Å². The van der Waals surface area contributed by atoms with Crippen LogP contribution < -0.4 is 11.1 Å². The van der Waals surface area contributed by atoms with Crippen molar-refractivity contribution >= 4 is 18.3 Å². The first-order chi connectivity index (χ1) is 9.49. The van der Waals surface area contributed by atoms with E-state index in [0.29, 0.717) is 18.4 Å². The molecule has 1 amide bonds. The molecule has 0 fully saturated rings. The highest BCUT2D eigenvalue weighted by Crippen LogP contribution is 2.25. The number of nitrogens with one attached hydrogen (secondary N) is 1. The first-order valence-electron chi connectivity index (χ1n) is 6.91. The highest BCUT2D eigenvalue weighted by atomic mass is 35.5. The molecule has 0 bridgehead atoms. The normalized spacial score (nSPS) is 12.4. The maximum atomic E-state index is 13.1. The van der Waals surface area contributed by atoms with Crippen molar-refractivity contribution in [3.63, 3.8) is 0 Å². The van der Waals surface area contributed by atoms with Gasteiger partial charge in [-0.25, -0.2) is 4.39 Å². The third-order valence-corrected chi connectivity index (χ3v) is 3.92. The lowest BCUT2D eigenvalue weighted by Crippen LogP contribution is -2.46. The molecule has 0 aromatic heterocycles. The number of hydrogen-bond acceptors (Lipinski definition) is 3. The van der Waals surface area contributed by atoms with E-state index < -0.39 is 17.3 Å². The molecule has 1 unspecified atom stereocenters. The van der Waals surface area contributed by atoms with Crippen LogP contribution in [-0.4, -0.2) is 24.1 Å². The molecular weight excluding hydrogens is 295 g/mol. The Bertz CT molecular complexity index is 445. The summed E-state index contributed by atoms with van der Waals surface area (Å²) >= 11 is 0. The van der Waals surface area contributed by atoms with Gasteiger partial charge in [-0.05, 0) is 30.5 Å². The smallest absolute Gasteiger partial charge is 0.227 e. The summed E-state index contributed by atoms with van der Waals surface area (Å²) in [5.74, 6) is -0.577. The third kappa shape index (κ3) is 4.95. The zero-order valence-corrected chi connectivity index (χ0v) is 13.3. The average molecular weight is 319 g/mol. The van der Waals surface area contributed by atoms with Gasteiger partial charge in [-0.2, -0.15) is 0 Å². The molecule has 0 heterocycles. The Hall–Kier alpha value is -1.17. The van der Waals surface area contributed by atoms with Gasteiger partial charge in [0.15, 0.2) is 0 Å². The number of hydrogen-bond donors (Lipinski definition) is 3. The molecule has 4 N–H and O–H groups in total. The van der Waals surface area contributed by atoms with Crippen LogP contribution in [0.1, 0.15) is 38.4 Å². The SMILES string of the molecule is CCC(CC)(CN)C(=O)NCC(O)c1cccc(F)c1.Cl. The first kappa shape index (κ1) is 19.8. The predicted molar refractivity (Wildman–Crippen MR) is 83.7 cm³/mol. The third-order valence-electron chi connectivity index (χ3n) is 3.92. The van der Waals surface area contributed by atoms with Gasteiger partial charge in [0.2, 0.25) is 5.91 Å². The average Bonchev–Trinajstić information content (AvgIpc) is 2.47. The van der Waals surface area contributed by atoms with Crippen LogP contribution in [0.15, 0.2) is 24.3 Å². The van der Waals surface area contributed by atoms with Crippen molar-refractivity contribution in [1.82, 2.24) is 5.32 Å². The maximum absolute atomic E-state index is 13.1. The van der Waals surface area contributed by atoms with Crippen molar-refractivity contribution in [3.8, 4) is 0 Å². The Balaban J connectivity index is 0.00000400. The van der Waals surface area contributed by atoms with Crippen LogP contribution >= 0.6 is 12.4 Å². The summed E-state index contributed by atoms with van der Waals surface area (Å²) in [4.78, 5) is 12.2. The van der Waals surface area contributed by atoms with Gasteiger partial charge in [0.25, 0.3) is 0 Å². The summed E-state index contributed by atoms with van der Waals surface area (Å²) in [6.07, 6.45) is 0.350. The standard InChI is InChI=1S/C15H23FN2O2.ClH/c1-3-15(4-2,10-17)14(20)18-9-13(19)11-6-5-7-12(16)8-11;/h5-8,13,19H,3-4,9-10,17H2,1-2H3,(H,18,20);1H. The molecular formula is C15H24ClFN2O2. The molecule has 1 rings (SSSR count). The topological polar surface area (TPSA) is 75.4 Å². The lowest BCUT2D eigenvalue weighted by atomic mass is 9.81. The largest absolute Gasteiger partial charge is 0.387 e. The molecule has 0 spiro atoms. The van der Waals surface area contributed by atoms with Gasteiger partial charge in [0.1, 0.15) is 5.82 Å². The molecule has 0 aliphatic heterocycles. The predicted octanol–water partition coefficient (Wildman–Crippen LogP) is 2.16. The van der Waals surface area contributed by atoms with Gasteiger partial charge in [-0.1, -0.05) is 26.0 Å². The van der Waals surface area contributed by atoms with Gasteiger partial charge in [-0.3, -0.25) is 4.79 Å². The van der Waals surface area contributed by atoms with E-state index in [-0.39, 0.29) is 31.4 Å². The summed E-state index contributed by atoms with van der Waals surface area (Å²) in [5.41, 5.74) is 5.54. The number of amides is 1. The molecule has 0 saturated carbocycles. The van der Waals surface area contributed by atoms with E-state index in [0.717, 1.165) is 0 Å². The second-order valence-electron chi connectivity index (χ2n) is 4.97. The number of aliphatic hydroxyl groups excluding tert-OH is 1. The summed E-state index contributed by atoms with van der Waals surface area (Å²) in [6.45, 7) is 4.14. The van der Waals surface area contributed by atoms with Crippen molar-refractivity contribution in [1.29, 1.82) is 0 Å². The van der Waals surface area contributed by atoms with Gasteiger partial charge in [0, 0.05) is 13.1 Å². The molecule has 0 aliphatic rings. The fourth-order valence-electron chi connectivity index (χ4n) is 2.16. The summed E-state index contributed by atoms with van der Waals surface area (Å²) < 4.78 is 13.1. The molecule has 1 aromatic carbocycles. The zero-order valence-electron chi connectivity index (χ0n) is 12.4. The Morgan fingerprint density at radius 3 is 2.52 bits per heavy atom. The Morgan fingerprint density at radius 2 is 2.05 bits per heavy atom. The monoisotopic (exact) mass is 318 g/mol. The quantitative estimate of drug-likeness (QED) is 0.721. The van der Waals surface area contributed by atoms with E-state index in [1.165, 1.54) is 18.2 Å². The fraction of sp³-hybridized carbons (Fsp3) is 0.533. The minimum Gasteiger partial charge on any atom is -0.387 e. The fourth-order valence-corrected chi connectivity index (χ4v) is 2.16. The van der Waals surface area contributed by atoms with Crippen molar-refractivity contribution < 1.29 is 14.3 Å². The highest BCUT2D eigenvalue weighted by molar-refractivity contribution is 5.85. The number of rotatable bonds is 7. The van der Waals surface area contributed by atoms with E-state index in [9.17, 15) is 14.3 Å². The van der Waals surface area contributed by atoms with Crippen LogP contribution in [0.4, 0.5) is 4.39 Å². The number of halogens is 2. The molecule has 6 heteroatoms. The first-order valence-corrected chi connectivity index (χ1v) is 6.91. The Kier molecular flexibility index (Phi) is 8.47. The molecule has 1 atom stereocenters. The lowest BCUT2D eigenvalue weighted by Gasteiger charge is -2.29. The molecule has 0 saturated heterocycles. The van der Waals surface area contributed by atoms with E-state index in [1.807, 2.05) is 13.8 Å². The molecule has 120 valence electrons. The van der Waals surface area contributed by atoms with Crippen molar-refractivity contribution in [2.24, 2.45) is 11.1 Å². The summed E-state index contributed by atoms with van der Waals surface area (Å²) in [7, 11) is 0. The summed E-state index contributed by atoms with van der Waals surface area (Å²) in [6, 6.07) is 5.71. The van der Waals surface area contributed by atoms with Gasteiger partial charge < -0.3 is 16.2 Å². The minimum absolute atomic E-state index is 0. The van der Waals surface area contributed by atoms with Crippen molar-refractivity contribution in [2.75, 3.05) is 13.1 Å². The maximum Gasteiger partial charge on any atom is 0.227 e. The lowest BCUT2D eigenvalue weighted by molar-refractivity contribution is -0.131. The van der Waals surface area contributed by atoms with E-state index in [2.05, 4.69) is 5.32 Å². The van der Waals surface area contributed by atoms with E-state index in [1.54, 1.807) is 6.07 Å². The van der Waals surface area contributed by atoms with E-state index in [4.69, 9.17) is 5.73 Å². The van der Waals surface area contributed by atoms with Crippen LogP contribution in [0.2, 0.25) is 0 Å². The minimum atomic E-state index is -0.932. The second-order valence-corrected chi connectivity index (χ2v) is 4.97.